The molecule has 2 aromatic rings. The summed E-state index contributed by atoms with van der Waals surface area (Å²) in [6.07, 6.45) is 1.39. The Morgan fingerprint density at radius 2 is 2.06 bits per heavy atom. The fraction of sp³-hybridized carbons (Fsp3) is 0. The second-order valence-corrected chi connectivity index (χ2v) is 5.20. The second-order valence-electron chi connectivity index (χ2n) is 2.69. The van der Waals surface area contributed by atoms with Crippen LogP contribution in [-0.4, -0.2) is 13.4 Å². The van der Waals surface area contributed by atoms with Gasteiger partial charge < -0.3 is 5.73 Å². The number of rotatable bonds is 3. The molecule has 0 saturated carbocycles. The van der Waals surface area contributed by atoms with Crippen LogP contribution in [0.4, 0.5) is 10.8 Å². The van der Waals surface area contributed by atoms with Crippen molar-refractivity contribution in [2.75, 3.05) is 10.5 Å². The Balaban J connectivity index is 2.63. The Morgan fingerprint density at radius 1 is 1.38 bits per heavy atom. The van der Waals surface area contributed by atoms with Gasteiger partial charge in [0.2, 0.25) is 0 Å². The lowest BCUT2D eigenvalue weighted by Gasteiger charge is -2.04. The van der Waals surface area contributed by atoms with Gasteiger partial charge in [-0.05, 0) is 24.2 Å². The SMILES string of the molecule is [2H]c1c([2H])c(S(=O)(=O)Nc2nccs2)c([2H])c([2H])c1N. The maximum absolute atomic E-state index is 12.2. The van der Waals surface area contributed by atoms with E-state index in [2.05, 4.69) is 9.71 Å². The highest BCUT2D eigenvalue weighted by Gasteiger charge is 2.14. The summed E-state index contributed by atoms with van der Waals surface area (Å²) in [6.45, 7) is 0. The van der Waals surface area contributed by atoms with Crippen molar-refractivity contribution in [3.8, 4) is 0 Å². The molecule has 0 bridgehead atoms. The molecule has 0 aliphatic rings. The molecule has 84 valence electrons. The topological polar surface area (TPSA) is 85.1 Å². The predicted octanol–water partition coefficient (Wildman–Crippen LogP) is 1.53. The molecule has 5 nitrogen and oxygen atoms in total. The van der Waals surface area contributed by atoms with Gasteiger partial charge in [0.1, 0.15) is 0 Å². The van der Waals surface area contributed by atoms with Crippen molar-refractivity contribution >= 4 is 32.2 Å². The first-order valence-corrected chi connectivity index (χ1v) is 6.40. The Kier molecular flexibility index (Phi) is 1.76. The first kappa shape index (κ1) is 6.87. The third-order valence-corrected chi connectivity index (χ3v) is 3.57. The van der Waals surface area contributed by atoms with E-state index in [9.17, 15) is 8.42 Å². The number of nitrogens with zero attached hydrogens (tertiary/aromatic N) is 1. The van der Waals surface area contributed by atoms with Gasteiger partial charge in [0.25, 0.3) is 10.0 Å². The van der Waals surface area contributed by atoms with Gasteiger partial charge in [-0.15, -0.1) is 11.3 Å². The van der Waals surface area contributed by atoms with Crippen molar-refractivity contribution in [3.05, 3.63) is 35.7 Å². The summed E-state index contributed by atoms with van der Waals surface area (Å²) in [5.74, 6) is 0. The van der Waals surface area contributed by atoms with E-state index in [0.717, 1.165) is 11.3 Å². The Labute approximate surface area is 103 Å². The summed E-state index contributed by atoms with van der Waals surface area (Å²) >= 11 is 1.03. The molecule has 1 heterocycles. The number of nitrogen functional groups attached to an aromatic ring is 1. The number of benzene rings is 1. The Morgan fingerprint density at radius 3 is 2.62 bits per heavy atom. The van der Waals surface area contributed by atoms with Gasteiger partial charge >= 0.3 is 0 Å². The van der Waals surface area contributed by atoms with Gasteiger partial charge in [-0.2, -0.15) is 0 Å². The normalized spacial score (nSPS) is 14.8. The molecule has 0 atom stereocenters. The van der Waals surface area contributed by atoms with Gasteiger partial charge in [-0.25, -0.2) is 13.4 Å². The summed E-state index contributed by atoms with van der Waals surface area (Å²) in [5, 5.41) is 1.62. The minimum Gasteiger partial charge on any atom is -0.399 e. The van der Waals surface area contributed by atoms with Crippen LogP contribution in [0.2, 0.25) is 0 Å². The van der Waals surface area contributed by atoms with E-state index in [0.29, 0.717) is 0 Å². The molecule has 0 radical (unpaired) electrons. The van der Waals surface area contributed by atoms with E-state index in [1.807, 2.05) is 0 Å². The van der Waals surface area contributed by atoms with Crippen LogP contribution in [0, 0.1) is 0 Å². The predicted molar refractivity (Wildman–Crippen MR) is 63.8 cm³/mol. The quantitative estimate of drug-likeness (QED) is 0.818. The number of nitrogens with two attached hydrogens (primary N) is 1. The van der Waals surface area contributed by atoms with Crippen molar-refractivity contribution in [1.29, 1.82) is 0 Å². The first-order valence-electron chi connectivity index (χ1n) is 6.04. The van der Waals surface area contributed by atoms with E-state index >= 15 is 0 Å². The molecule has 0 amide bonds. The molecule has 7 heteroatoms. The molecular weight excluding hydrogens is 246 g/mol. The smallest absolute Gasteiger partial charge is 0.263 e. The minimum atomic E-state index is -4.28. The number of nitrogens with one attached hydrogen (secondary N) is 1. The van der Waals surface area contributed by atoms with Crippen LogP contribution in [0.1, 0.15) is 5.48 Å². The van der Waals surface area contributed by atoms with E-state index in [1.165, 1.54) is 6.20 Å². The molecule has 1 aromatic heterocycles. The van der Waals surface area contributed by atoms with Gasteiger partial charge in [-0.1, -0.05) is 0 Å². The third kappa shape index (κ3) is 2.31. The maximum atomic E-state index is 12.2. The van der Waals surface area contributed by atoms with Crippen LogP contribution in [0.15, 0.2) is 40.6 Å². The molecule has 2 rings (SSSR count). The summed E-state index contributed by atoms with van der Waals surface area (Å²) in [7, 11) is -4.28. The average Bonchev–Trinajstić information content (AvgIpc) is 2.86. The number of thiazole rings is 1. The Bertz CT molecular complexity index is 733. The maximum Gasteiger partial charge on any atom is 0.263 e. The van der Waals surface area contributed by atoms with E-state index < -0.39 is 44.8 Å². The molecular formula is C9H9N3O2S2. The van der Waals surface area contributed by atoms with Crippen LogP contribution in [0.5, 0.6) is 0 Å². The zero-order valence-electron chi connectivity index (χ0n) is 11.8. The highest BCUT2D eigenvalue weighted by atomic mass is 32.2. The van der Waals surface area contributed by atoms with Gasteiger partial charge in [0.15, 0.2) is 5.13 Å². The number of aromatic nitrogens is 1. The van der Waals surface area contributed by atoms with E-state index in [-0.39, 0.29) is 5.13 Å². The number of anilines is 2. The third-order valence-electron chi connectivity index (χ3n) is 1.54. The minimum absolute atomic E-state index is 0.0682. The second kappa shape index (κ2) is 4.11. The van der Waals surface area contributed by atoms with Crippen LogP contribution in [-0.2, 0) is 10.0 Å². The Hall–Kier alpha value is -1.60. The lowest BCUT2D eigenvalue weighted by Crippen LogP contribution is -2.12. The highest BCUT2D eigenvalue weighted by Crippen LogP contribution is 2.18. The molecule has 0 unspecified atom stereocenters. The van der Waals surface area contributed by atoms with Crippen molar-refractivity contribution in [2.24, 2.45) is 0 Å². The summed E-state index contributed by atoms with van der Waals surface area (Å²) in [5.41, 5.74) is 5.00. The molecule has 0 aliphatic heterocycles. The number of hydrogen-bond donors (Lipinski definition) is 2. The molecule has 0 spiro atoms. The first-order chi connectivity index (χ1) is 9.25. The molecule has 1 aromatic carbocycles. The standard InChI is InChI=1S/C9H9N3O2S2/c10-7-1-3-8(4-2-7)16(13,14)12-9-11-5-6-15-9/h1-6H,10H2,(H,11,12)/i1D,2D,3D,4D. The molecule has 0 fully saturated rings. The molecule has 0 saturated heterocycles. The van der Waals surface area contributed by atoms with Crippen molar-refractivity contribution in [2.45, 2.75) is 4.90 Å². The molecule has 0 aliphatic carbocycles. The zero-order valence-corrected chi connectivity index (χ0v) is 9.45. The number of hydrogen-bond acceptors (Lipinski definition) is 5. The lowest BCUT2D eigenvalue weighted by molar-refractivity contribution is 0.601. The van der Waals surface area contributed by atoms with Gasteiger partial charge in [0, 0.05) is 17.3 Å². The van der Waals surface area contributed by atoms with Crippen LogP contribution >= 0.6 is 11.3 Å². The van der Waals surface area contributed by atoms with E-state index in [4.69, 9.17) is 11.2 Å². The van der Waals surface area contributed by atoms with E-state index in [1.54, 1.807) is 5.38 Å². The fourth-order valence-corrected chi connectivity index (χ4v) is 2.53. The summed E-state index contributed by atoms with van der Waals surface area (Å²) in [6, 6.07) is -2.61. The van der Waals surface area contributed by atoms with Gasteiger partial charge in [-0.3, -0.25) is 4.72 Å². The number of sulfonamides is 1. The zero-order chi connectivity index (χ0) is 15.1. The fourth-order valence-electron chi connectivity index (χ4n) is 0.885. The highest BCUT2D eigenvalue weighted by molar-refractivity contribution is 7.93. The monoisotopic (exact) mass is 259 g/mol. The summed E-state index contributed by atoms with van der Waals surface area (Å²) in [4.78, 5) is 2.98. The van der Waals surface area contributed by atoms with Crippen LogP contribution in [0.25, 0.3) is 0 Å². The summed E-state index contributed by atoms with van der Waals surface area (Å²) < 4.78 is 56.8. The lowest BCUT2D eigenvalue weighted by atomic mass is 10.3. The van der Waals surface area contributed by atoms with Crippen molar-refractivity contribution < 1.29 is 13.9 Å². The van der Waals surface area contributed by atoms with Crippen molar-refractivity contribution in [1.82, 2.24) is 4.98 Å². The largest absolute Gasteiger partial charge is 0.399 e. The van der Waals surface area contributed by atoms with Crippen LogP contribution in [0.3, 0.4) is 0 Å². The molecule has 3 N–H and O–H groups in total. The molecule has 16 heavy (non-hydrogen) atoms. The average molecular weight is 259 g/mol. The van der Waals surface area contributed by atoms with Gasteiger partial charge in [0.05, 0.1) is 10.4 Å². The van der Waals surface area contributed by atoms with Crippen LogP contribution < -0.4 is 10.5 Å². The van der Waals surface area contributed by atoms with Crippen molar-refractivity contribution in [3.63, 3.8) is 0 Å².